The third-order valence-corrected chi connectivity index (χ3v) is 2.84. The second kappa shape index (κ2) is 7.10. The van der Waals surface area contributed by atoms with Gasteiger partial charge in [-0.15, -0.1) is 0 Å². The normalized spacial score (nSPS) is 16.4. The third-order valence-electron chi connectivity index (χ3n) is 2.84. The maximum atomic E-state index is 11.6. The van der Waals surface area contributed by atoms with Crippen LogP contribution in [0.25, 0.3) is 0 Å². The fourth-order valence-electron chi connectivity index (χ4n) is 1.88. The van der Waals surface area contributed by atoms with Crippen LogP contribution in [0.1, 0.15) is 5.56 Å². The lowest BCUT2D eigenvalue weighted by Gasteiger charge is -2.26. The Labute approximate surface area is 107 Å². The number of rotatable bonds is 5. The molecule has 1 aliphatic heterocycles. The Hall–Kier alpha value is -1.43. The molecule has 98 valence electrons. The summed E-state index contributed by atoms with van der Waals surface area (Å²) in [7, 11) is 0. The molecule has 1 aromatic rings. The number of carbonyl (C=O) groups is 1. The molecule has 2 rings (SSSR count). The summed E-state index contributed by atoms with van der Waals surface area (Å²) in [6.45, 7) is 4.50. The first-order valence-corrected chi connectivity index (χ1v) is 6.22. The zero-order valence-electron chi connectivity index (χ0n) is 10.4. The highest BCUT2D eigenvalue weighted by molar-refractivity contribution is 5.76. The molecule has 18 heavy (non-hydrogen) atoms. The summed E-state index contributed by atoms with van der Waals surface area (Å²) in [5.74, 6) is -0.0900. The molecule has 0 radical (unpaired) electrons. The number of nitrogens with zero attached hydrogens (tertiary/aromatic N) is 1. The Morgan fingerprint density at radius 3 is 2.72 bits per heavy atom. The van der Waals surface area contributed by atoms with E-state index >= 15 is 0 Å². The van der Waals surface area contributed by atoms with E-state index in [2.05, 4.69) is 15.7 Å². The first kappa shape index (κ1) is 13.0. The molecule has 1 heterocycles. The van der Waals surface area contributed by atoms with E-state index in [1.807, 2.05) is 30.3 Å². The van der Waals surface area contributed by atoms with Crippen molar-refractivity contribution < 1.29 is 9.63 Å². The zero-order chi connectivity index (χ0) is 12.6. The van der Waals surface area contributed by atoms with Gasteiger partial charge >= 0.3 is 0 Å². The Morgan fingerprint density at radius 2 is 2.00 bits per heavy atom. The van der Waals surface area contributed by atoms with Gasteiger partial charge in [0, 0.05) is 26.2 Å². The number of hydrogen-bond acceptors (Lipinski definition) is 4. The summed E-state index contributed by atoms with van der Waals surface area (Å²) in [5.41, 5.74) is 3.52. The molecule has 5 nitrogen and oxygen atoms in total. The minimum absolute atomic E-state index is 0.0900. The van der Waals surface area contributed by atoms with E-state index in [-0.39, 0.29) is 5.91 Å². The van der Waals surface area contributed by atoms with E-state index in [4.69, 9.17) is 4.84 Å². The molecule has 5 heteroatoms. The van der Waals surface area contributed by atoms with Crippen LogP contribution in [0.3, 0.4) is 0 Å². The molecule has 1 fully saturated rings. The van der Waals surface area contributed by atoms with Gasteiger partial charge < -0.3 is 5.32 Å². The predicted octanol–water partition coefficient (Wildman–Crippen LogP) is 0.140. The van der Waals surface area contributed by atoms with E-state index in [0.29, 0.717) is 13.2 Å². The first-order valence-electron chi connectivity index (χ1n) is 6.22. The lowest BCUT2D eigenvalue weighted by atomic mass is 10.2. The number of benzene rings is 1. The van der Waals surface area contributed by atoms with Gasteiger partial charge in [-0.3, -0.25) is 14.5 Å². The van der Waals surface area contributed by atoms with Crippen LogP contribution in [0.4, 0.5) is 0 Å². The maximum absolute atomic E-state index is 11.6. The molecular formula is C13H19N3O2. The van der Waals surface area contributed by atoms with Crippen molar-refractivity contribution in [3.8, 4) is 0 Å². The largest absolute Gasteiger partial charge is 0.314 e. The van der Waals surface area contributed by atoms with Gasteiger partial charge in [0.1, 0.15) is 0 Å². The molecule has 1 saturated heterocycles. The molecule has 0 bridgehead atoms. The van der Waals surface area contributed by atoms with E-state index in [1.54, 1.807) is 0 Å². The average molecular weight is 249 g/mol. The minimum Gasteiger partial charge on any atom is -0.314 e. The van der Waals surface area contributed by atoms with Crippen molar-refractivity contribution in [1.82, 2.24) is 15.7 Å². The number of piperazine rings is 1. The quantitative estimate of drug-likeness (QED) is 0.729. The van der Waals surface area contributed by atoms with Crippen LogP contribution in [0.2, 0.25) is 0 Å². The van der Waals surface area contributed by atoms with Crippen molar-refractivity contribution in [2.45, 2.75) is 6.61 Å². The minimum atomic E-state index is -0.0900. The summed E-state index contributed by atoms with van der Waals surface area (Å²) < 4.78 is 0. The van der Waals surface area contributed by atoms with Gasteiger partial charge in [-0.05, 0) is 5.56 Å². The van der Waals surface area contributed by atoms with E-state index in [0.717, 1.165) is 31.7 Å². The van der Waals surface area contributed by atoms with Crippen LogP contribution in [0, 0.1) is 0 Å². The maximum Gasteiger partial charge on any atom is 0.257 e. The monoisotopic (exact) mass is 249 g/mol. The summed E-state index contributed by atoms with van der Waals surface area (Å²) in [4.78, 5) is 18.9. The van der Waals surface area contributed by atoms with Crippen LogP contribution < -0.4 is 10.8 Å². The van der Waals surface area contributed by atoms with E-state index in [9.17, 15) is 4.79 Å². The molecule has 0 aliphatic carbocycles. The van der Waals surface area contributed by atoms with Crippen molar-refractivity contribution >= 4 is 5.91 Å². The van der Waals surface area contributed by atoms with Crippen LogP contribution >= 0.6 is 0 Å². The van der Waals surface area contributed by atoms with E-state index < -0.39 is 0 Å². The first-order chi connectivity index (χ1) is 8.84. The average Bonchev–Trinajstić information content (AvgIpc) is 2.41. The Kier molecular flexibility index (Phi) is 5.14. The van der Waals surface area contributed by atoms with Crippen molar-refractivity contribution in [3.63, 3.8) is 0 Å². The Bertz CT molecular complexity index is 364. The topological polar surface area (TPSA) is 53.6 Å². The lowest BCUT2D eigenvalue weighted by molar-refractivity contribution is -0.135. The van der Waals surface area contributed by atoms with Crippen LogP contribution in [-0.2, 0) is 16.2 Å². The SMILES string of the molecule is O=C(CN1CCNCC1)NOCc1ccccc1. The van der Waals surface area contributed by atoms with Gasteiger partial charge in [-0.2, -0.15) is 0 Å². The second-order valence-corrected chi connectivity index (χ2v) is 4.33. The molecule has 1 amide bonds. The predicted molar refractivity (Wildman–Crippen MR) is 68.7 cm³/mol. The number of nitrogens with one attached hydrogen (secondary N) is 2. The molecule has 0 spiro atoms. The third kappa shape index (κ3) is 4.44. The van der Waals surface area contributed by atoms with Crippen LogP contribution in [0.15, 0.2) is 30.3 Å². The van der Waals surface area contributed by atoms with E-state index in [1.165, 1.54) is 0 Å². The molecule has 2 N–H and O–H groups in total. The van der Waals surface area contributed by atoms with Gasteiger partial charge in [0.15, 0.2) is 0 Å². The molecule has 0 unspecified atom stereocenters. The number of carbonyl (C=O) groups excluding carboxylic acids is 1. The summed E-state index contributed by atoms with van der Waals surface area (Å²) in [6.07, 6.45) is 0. The molecule has 0 aromatic heterocycles. The molecular weight excluding hydrogens is 230 g/mol. The fourth-order valence-corrected chi connectivity index (χ4v) is 1.88. The highest BCUT2D eigenvalue weighted by atomic mass is 16.6. The Morgan fingerprint density at radius 1 is 1.28 bits per heavy atom. The van der Waals surface area contributed by atoms with Crippen molar-refractivity contribution in [1.29, 1.82) is 0 Å². The lowest BCUT2D eigenvalue weighted by Crippen LogP contribution is -2.47. The zero-order valence-corrected chi connectivity index (χ0v) is 10.4. The molecule has 1 aliphatic rings. The highest BCUT2D eigenvalue weighted by Crippen LogP contribution is 1.99. The van der Waals surface area contributed by atoms with Crippen LogP contribution in [-0.4, -0.2) is 43.5 Å². The summed E-state index contributed by atoms with van der Waals surface area (Å²) in [5, 5.41) is 3.25. The molecule has 1 aromatic carbocycles. The van der Waals surface area contributed by atoms with Gasteiger partial charge in [-0.1, -0.05) is 30.3 Å². The Balaban J connectivity index is 1.62. The van der Waals surface area contributed by atoms with Crippen molar-refractivity contribution in [2.24, 2.45) is 0 Å². The smallest absolute Gasteiger partial charge is 0.257 e. The summed E-state index contributed by atoms with van der Waals surface area (Å²) in [6, 6.07) is 9.76. The van der Waals surface area contributed by atoms with Gasteiger partial charge in [-0.25, -0.2) is 5.48 Å². The molecule has 0 atom stereocenters. The summed E-state index contributed by atoms with van der Waals surface area (Å²) >= 11 is 0. The number of amides is 1. The van der Waals surface area contributed by atoms with Crippen molar-refractivity contribution in [2.75, 3.05) is 32.7 Å². The van der Waals surface area contributed by atoms with Crippen LogP contribution in [0.5, 0.6) is 0 Å². The fraction of sp³-hybridized carbons (Fsp3) is 0.462. The van der Waals surface area contributed by atoms with Gasteiger partial charge in [0.2, 0.25) is 0 Å². The molecule has 0 saturated carbocycles. The second-order valence-electron chi connectivity index (χ2n) is 4.33. The number of hydroxylamine groups is 1. The van der Waals surface area contributed by atoms with Crippen molar-refractivity contribution in [3.05, 3.63) is 35.9 Å². The number of hydrogen-bond donors (Lipinski definition) is 2. The highest BCUT2D eigenvalue weighted by Gasteiger charge is 2.13. The standard InChI is InChI=1S/C13H19N3O2/c17-13(10-16-8-6-14-7-9-16)15-18-11-12-4-2-1-3-5-12/h1-5,14H,6-11H2,(H,15,17). The van der Waals surface area contributed by atoms with Gasteiger partial charge in [0.05, 0.1) is 13.2 Å². The van der Waals surface area contributed by atoms with Gasteiger partial charge in [0.25, 0.3) is 5.91 Å².